The van der Waals surface area contributed by atoms with E-state index in [4.69, 9.17) is 9.47 Å². The SMILES string of the molecule is O=C(CCCCC1CCSS1)OCC1(COC(=O)CCCCC2CCSS2)CC1. The molecule has 166 valence electrons. The average molecular weight is 479 g/mol. The number of ether oxygens (including phenoxy) is 2. The van der Waals surface area contributed by atoms with Gasteiger partial charge in [-0.2, -0.15) is 0 Å². The fourth-order valence-corrected chi connectivity index (χ4v) is 9.59. The van der Waals surface area contributed by atoms with E-state index in [1.807, 2.05) is 43.2 Å². The lowest BCUT2D eigenvalue weighted by molar-refractivity contribution is -0.150. The third-order valence-corrected chi connectivity index (χ3v) is 11.8. The minimum absolute atomic E-state index is 0.0965. The molecule has 1 aliphatic carbocycles. The summed E-state index contributed by atoms with van der Waals surface area (Å²) in [6.07, 6.45) is 12.1. The van der Waals surface area contributed by atoms with Crippen LogP contribution in [0.5, 0.6) is 0 Å². The van der Waals surface area contributed by atoms with Crippen molar-refractivity contribution in [2.75, 3.05) is 24.7 Å². The maximum absolute atomic E-state index is 12.0. The Labute approximate surface area is 191 Å². The Morgan fingerprint density at radius 2 is 1.24 bits per heavy atom. The van der Waals surface area contributed by atoms with Crippen LogP contribution >= 0.6 is 43.2 Å². The smallest absolute Gasteiger partial charge is 0.305 e. The highest BCUT2D eigenvalue weighted by Gasteiger charge is 2.45. The lowest BCUT2D eigenvalue weighted by atomic mass is 10.1. The molecule has 0 radical (unpaired) electrons. The molecule has 1 saturated carbocycles. The molecule has 2 heterocycles. The van der Waals surface area contributed by atoms with Crippen molar-refractivity contribution in [2.24, 2.45) is 5.41 Å². The molecule has 0 aromatic rings. The maximum Gasteiger partial charge on any atom is 0.305 e. The number of hydrogen-bond acceptors (Lipinski definition) is 8. The van der Waals surface area contributed by atoms with Crippen LogP contribution in [0.15, 0.2) is 0 Å². The summed E-state index contributed by atoms with van der Waals surface area (Å²) in [5.74, 6) is 2.34. The van der Waals surface area contributed by atoms with E-state index in [2.05, 4.69) is 0 Å². The zero-order valence-corrected chi connectivity index (χ0v) is 20.5. The molecule has 2 saturated heterocycles. The predicted octanol–water partition coefficient (Wildman–Crippen LogP) is 6.28. The third-order valence-electron chi connectivity index (χ3n) is 5.80. The van der Waals surface area contributed by atoms with E-state index in [1.165, 1.54) is 37.2 Å². The van der Waals surface area contributed by atoms with Crippen LogP contribution in [0.3, 0.4) is 0 Å². The van der Waals surface area contributed by atoms with Crippen molar-refractivity contribution in [1.82, 2.24) is 0 Å². The quantitative estimate of drug-likeness (QED) is 0.164. The van der Waals surface area contributed by atoms with E-state index in [-0.39, 0.29) is 17.4 Å². The summed E-state index contributed by atoms with van der Waals surface area (Å²) >= 11 is 0. The van der Waals surface area contributed by atoms with Crippen LogP contribution in [-0.2, 0) is 19.1 Å². The number of carbonyl (C=O) groups excluding carboxylic acids is 2. The predicted molar refractivity (Wildman–Crippen MR) is 127 cm³/mol. The molecule has 2 atom stereocenters. The van der Waals surface area contributed by atoms with Gasteiger partial charge in [-0.15, -0.1) is 0 Å². The standard InChI is InChI=1S/C21H34O4S4/c22-19(7-3-1-5-17-9-13-26-28-17)24-15-21(11-12-21)16-25-20(23)8-4-2-6-18-10-14-27-29-18/h17-18H,1-16H2. The Morgan fingerprint density at radius 1 is 0.759 bits per heavy atom. The molecule has 0 spiro atoms. The molecule has 0 N–H and O–H groups in total. The first-order chi connectivity index (χ1) is 14.2. The highest BCUT2D eigenvalue weighted by atomic mass is 33.1. The van der Waals surface area contributed by atoms with E-state index < -0.39 is 0 Å². The first-order valence-corrected chi connectivity index (χ1v) is 15.8. The Kier molecular flexibility index (Phi) is 10.8. The molecule has 0 amide bonds. The van der Waals surface area contributed by atoms with Gasteiger partial charge in [0.25, 0.3) is 0 Å². The van der Waals surface area contributed by atoms with Crippen LogP contribution in [0.25, 0.3) is 0 Å². The normalized spacial score (nSPS) is 25.1. The molecule has 3 fully saturated rings. The van der Waals surface area contributed by atoms with Crippen molar-refractivity contribution in [3.8, 4) is 0 Å². The van der Waals surface area contributed by atoms with Gasteiger partial charge in [0.1, 0.15) is 13.2 Å². The number of esters is 2. The van der Waals surface area contributed by atoms with Crippen LogP contribution in [0.4, 0.5) is 0 Å². The van der Waals surface area contributed by atoms with Crippen LogP contribution in [0, 0.1) is 5.41 Å². The van der Waals surface area contributed by atoms with Gasteiger partial charge in [0.2, 0.25) is 0 Å². The summed E-state index contributed by atoms with van der Waals surface area (Å²) < 4.78 is 11.0. The summed E-state index contributed by atoms with van der Waals surface area (Å²) in [7, 11) is 7.94. The second kappa shape index (κ2) is 13.0. The minimum Gasteiger partial charge on any atom is -0.465 e. The highest BCUT2D eigenvalue weighted by molar-refractivity contribution is 8.77. The number of unbranched alkanes of at least 4 members (excludes halogenated alkanes) is 2. The van der Waals surface area contributed by atoms with Crippen LogP contribution in [0.1, 0.15) is 77.0 Å². The van der Waals surface area contributed by atoms with Gasteiger partial charge in [-0.25, -0.2) is 0 Å². The Morgan fingerprint density at radius 3 is 1.62 bits per heavy atom. The Balaban J connectivity index is 1.17. The number of hydrogen-bond donors (Lipinski definition) is 0. The molecule has 8 heteroatoms. The second-order valence-electron chi connectivity index (χ2n) is 8.47. The largest absolute Gasteiger partial charge is 0.465 e. The van der Waals surface area contributed by atoms with Gasteiger partial charge in [0, 0.05) is 40.3 Å². The fraction of sp³-hybridized carbons (Fsp3) is 0.905. The lowest BCUT2D eigenvalue weighted by Crippen LogP contribution is -2.22. The zero-order chi connectivity index (χ0) is 20.4. The molecule has 0 bridgehead atoms. The van der Waals surface area contributed by atoms with E-state index >= 15 is 0 Å². The van der Waals surface area contributed by atoms with E-state index in [0.717, 1.165) is 49.0 Å². The Bertz CT molecular complexity index is 473. The van der Waals surface area contributed by atoms with Gasteiger partial charge < -0.3 is 9.47 Å². The molecule has 0 aromatic heterocycles. The molecule has 3 aliphatic rings. The van der Waals surface area contributed by atoms with Crippen molar-refractivity contribution >= 4 is 55.1 Å². The van der Waals surface area contributed by atoms with Gasteiger partial charge in [0.15, 0.2) is 0 Å². The van der Waals surface area contributed by atoms with Gasteiger partial charge in [0.05, 0.1) is 0 Å². The summed E-state index contributed by atoms with van der Waals surface area (Å²) in [5, 5.41) is 1.56. The summed E-state index contributed by atoms with van der Waals surface area (Å²) in [5.41, 5.74) is -0.0965. The topological polar surface area (TPSA) is 52.6 Å². The lowest BCUT2D eigenvalue weighted by Gasteiger charge is -2.16. The van der Waals surface area contributed by atoms with E-state index in [1.54, 1.807) is 0 Å². The molecule has 2 unspecified atom stereocenters. The summed E-state index contributed by atoms with van der Waals surface area (Å²) in [4.78, 5) is 24.0. The molecule has 29 heavy (non-hydrogen) atoms. The second-order valence-corrected chi connectivity index (χ2v) is 14.0. The minimum atomic E-state index is -0.0982. The van der Waals surface area contributed by atoms with Crippen LogP contribution < -0.4 is 0 Å². The van der Waals surface area contributed by atoms with Crippen molar-refractivity contribution in [3.05, 3.63) is 0 Å². The molecular weight excluding hydrogens is 444 g/mol. The average Bonchev–Trinajstić information content (AvgIpc) is 3.11. The van der Waals surface area contributed by atoms with Crippen molar-refractivity contribution in [1.29, 1.82) is 0 Å². The van der Waals surface area contributed by atoms with Gasteiger partial charge in [-0.05, 0) is 51.4 Å². The van der Waals surface area contributed by atoms with Crippen molar-refractivity contribution in [2.45, 2.75) is 87.5 Å². The number of carbonyl (C=O) groups is 2. The molecule has 4 nitrogen and oxygen atoms in total. The number of rotatable bonds is 14. The maximum atomic E-state index is 12.0. The van der Waals surface area contributed by atoms with E-state index in [0.29, 0.717) is 26.1 Å². The molecule has 0 aromatic carbocycles. The molecule has 3 rings (SSSR count). The summed E-state index contributed by atoms with van der Waals surface area (Å²) in [6, 6.07) is 0. The first kappa shape index (κ1) is 24.0. The monoisotopic (exact) mass is 478 g/mol. The first-order valence-electron chi connectivity index (χ1n) is 11.0. The van der Waals surface area contributed by atoms with Gasteiger partial charge >= 0.3 is 11.9 Å². The zero-order valence-electron chi connectivity index (χ0n) is 17.2. The van der Waals surface area contributed by atoms with Gasteiger partial charge in [-0.3, -0.25) is 9.59 Å². The Hall–Kier alpha value is 0.340. The van der Waals surface area contributed by atoms with Crippen LogP contribution in [0.2, 0.25) is 0 Å². The molecule has 2 aliphatic heterocycles. The summed E-state index contributed by atoms with van der Waals surface area (Å²) in [6.45, 7) is 0.815. The van der Waals surface area contributed by atoms with Crippen molar-refractivity contribution in [3.63, 3.8) is 0 Å². The third kappa shape index (κ3) is 9.56. The van der Waals surface area contributed by atoms with Crippen molar-refractivity contribution < 1.29 is 19.1 Å². The highest BCUT2D eigenvalue weighted by Crippen LogP contribution is 2.46. The molecular formula is C21H34O4S4. The van der Waals surface area contributed by atoms with Gasteiger partial charge in [-0.1, -0.05) is 56.0 Å². The van der Waals surface area contributed by atoms with E-state index in [9.17, 15) is 9.59 Å². The fourth-order valence-electron chi connectivity index (χ4n) is 3.53. The van der Waals surface area contributed by atoms with Crippen LogP contribution in [-0.4, -0.2) is 47.2 Å².